The molecule has 0 radical (unpaired) electrons. The van der Waals surface area contributed by atoms with Crippen LogP contribution in [0.3, 0.4) is 0 Å². The molecule has 1 aromatic heterocycles. The van der Waals surface area contributed by atoms with Crippen molar-refractivity contribution in [2.24, 2.45) is 0 Å². The van der Waals surface area contributed by atoms with E-state index in [-0.39, 0.29) is 0 Å². The lowest BCUT2D eigenvalue weighted by Crippen LogP contribution is -2.19. The molecule has 0 unspecified atom stereocenters. The quantitative estimate of drug-likeness (QED) is 0.716. The molecule has 1 aliphatic rings. The van der Waals surface area contributed by atoms with E-state index in [4.69, 9.17) is 4.74 Å². The van der Waals surface area contributed by atoms with Crippen LogP contribution in [0, 0.1) is 6.92 Å². The van der Waals surface area contributed by atoms with Gasteiger partial charge >= 0.3 is 0 Å². The summed E-state index contributed by atoms with van der Waals surface area (Å²) in [6.07, 6.45) is 8.67. The molecule has 76 valence electrons. The van der Waals surface area contributed by atoms with Crippen molar-refractivity contribution in [2.75, 3.05) is 0 Å². The van der Waals surface area contributed by atoms with Gasteiger partial charge in [0.1, 0.15) is 5.75 Å². The molecule has 0 aromatic carbocycles. The largest absolute Gasteiger partial charge is 0.490 e. The minimum Gasteiger partial charge on any atom is -0.490 e. The molecule has 2 heteroatoms. The van der Waals surface area contributed by atoms with Crippen LogP contribution in [0.25, 0.3) is 0 Å². The molecule has 1 fully saturated rings. The van der Waals surface area contributed by atoms with Gasteiger partial charge in [0.2, 0.25) is 0 Å². The molecule has 1 aliphatic carbocycles. The average molecular weight is 191 g/mol. The van der Waals surface area contributed by atoms with Crippen molar-refractivity contribution in [2.45, 2.75) is 45.1 Å². The van der Waals surface area contributed by atoms with Gasteiger partial charge in [-0.3, -0.25) is 4.98 Å². The first kappa shape index (κ1) is 9.50. The monoisotopic (exact) mass is 191 g/mol. The summed E-state index contributed by atoms with van der Waals surface area (Å²) in [6, 6.07) is 3.95. The number of nitrogens with zero attached hydrogens (tertiary/aromatic N) is 1. The van der Waals surface area contributed by atoms with Crippen molar-refractivity contribution in [1.29, 1.82) is 0 Å². The van der Waals surface area contributed by atoms with Crippen LogP contribution in [0.15, 0.2) is 18.3 Å². The van der Waals surface area contributed by atoms with Gasteiger partial charge < -0.3 is 4.74 Å². The van der Waals surface area contributed by atoms with E-state index in [1.54, 1.807) is 0 Å². The number of aryl methyl sites for hydroxylation is 1. The molecule has 0 N–H and O–H groups in total. The Kier molecular flexibility index (Phi) is 3.02. The summed E-state index contributed by atoms with van der Waals surface area (Å²) >= 11 is 0. The summed E-state index contributed by atoms with van der Waals surface area (Å²) in [5, 5.41) is 0. The second-order valence-electron chi connectivity index (χ2n) is 4.01. The van der Waals surface area contributed by atoms with E-state index < -0.39 is 0 Å². The topological polar surface area (TPSA) is 22.1 Å². The summed E-state index contributed by atoms with van der Waals surface area (Å²) in [5.41, 5.74) is 1.03. The van der Waals surface area contributed by atoms with Crippen molar-refractivity contribution in [3.63, 3.8) is 0 Å². The second kappa shape index (κ2) is 4.45. The van der Waals surface area contributed by atoms with Gasteiger partial charge in [-0.05, 0) is 38.7 Å². The fraction of sp³-hybridized carbons (Fsp3) is 0.583. The van der Waals surface area contributed by atoms with E-state index in [9.17, 15) is 0 Å². The first-order valence-electron chi connectivity index (χ1n) is 5.44. The lowest BCUT2D eigenvalue weighted by molar-refractivity contribution is 0.155. The molecule has 0 saturated heterocycles. The lowest BCUT2D eigenvalue weighted by Gasteiger charge is -2.22. The van der Waals surface area contributed by atoms with Crippen molar-refractivity contribution in [3.8, 4) is 5.75 Å². The number of pyridine rings is 1. The summed E-state index contributed by atoms with van der Waals surface area (Å²) in [7, 11) is 0. The summed E-state index contributed by atoms with van der Waals surface area (Å²) in [5.74, 6) is 0.976. The molecule has 0 spiro atoms. The van der Waals surface area contributed by atoms with Crippen LogP contribution < -0.4 is 4.74 Å². The average Bonchev–Trinajstić information content (AvgIpc) is 2.19. The molecular formula is C12H17NO. The standard InChI is InChI=1S/C12H17NO/c1-10-9-12(7-8-13-10)14-11-5-3-2-4-6-11/h7-9,11H,2-6H2,1H3. The smallest absolute Gasteiger partial charge is 0.123 e. The van der Waals surface area contributed by atoms with E-state index >= 15 is 0 Å². The van der Waals surface area contributed by atoms with Gasteiger partial charge in [0, 0.05) is 18.0 Å². The zero-order valence-corrected chi connectivity index (χ0v) is 8.70. The van der Waals surface area contributed by atoms with Crippen LogP contribution in [0.2, 0.25) is 0 Å². The Labute approximate surface area is 85.3 Å². The fourth-order valence-corrected chi connectivity index (χ4v) is 1.97. The van der Waals surface area contributed by atoms with Gasteiger partial charge in [0.05, 0.1) is 6.10 Å². The summed E-state index contributed by atoms with van der Waals surface area (Å²) in [4.78, 5) is 4.15. The fourth-order valence-electron chi connectivity index (χ4n) is 1.97. The first-order chi connectivity index (χ1) is 6.84. The van der Waals surface area contributed by atoms with E-state index in [1.165, 1.54) is 32.1 Å². The van der Waals surface area contributed by atoms with Gasteiger partial charge in [0.15, 0.2) is 0 Å². The third kappa shape index (κ3) is 2.47. The van der Waals surface area contributed by atoms with Gasteiger partial charge in [-0.1, -0.05) is 6.42 Å². The molecule has 0 amide bonds. The SMILES string of the molecule is Cc1cc(OC2CCCCC2)ccn1. The Balaban J connectivity index is 1.95. The Bertz CT molecular complexity index is 292. The van der Waals surface area contributed by atoms with Crippen molar-refractivity contribution < 1.29 is 4.74 Å². The van der Waals surface area contributed by atoms with Gasteiger partial charge in [0.25, 0.3) is 0 Å². The van der Waals surface area contributed by atoms with Gasteiger partial charge in [-0.15, -0.1) is 0 Å². The molecule has 0 atom stereocenters. The van der Waals surface area contributed by atoms with Crippen LogP contribution in [0.1, 0.15) is 37.8 Å². The van der Waals surface area contributed by atoms with Crippen molar-refractivity contribution >= 4 is 0 Å². The molecule has 0 aliphatic heterocycles. The number of hydrogen-bond donors (Lipinski definition) is 0. The maximum absolute atomic E-state index is 5.90. The predicted octanol–water partition coefficient (Wildman–Crippen LogP) is 3.10. The van der Waals surface area contributed by atoms with Crippen LogP contribution in [0.4, 0.5) is 0 Å². The zero-order chi connectivity index (χ0) is 9.80. The number of aromatic nitrogens is 1. The molecule has 2 rings (SSSR count). The molecule has 1 saturated carbocycles. The maximum atomic E-state index is 5.90. The zero-order valence-electron chi connectivity index (χ0n) is 8.70. The normalized spacial score (nSPS) is 18.1. The Morgan fingerprint density at radius 1 is 1.29 bits per heavy atom. The van der Waals surface area contributed by atoms with Gasteiger partial charge in [-0.2, -0.15) is 0 Å². The minimum absolute atomic E-state index is 0.436. The Hall–Kier alpha value is -1.05. The van der Waals surface area contributed by atoms with E-state index in [2.05, 4.69) is 4.98 Å². The highest BCUT2D eigenvalue weighted by atomic mass is 16.5. The molecule has 14 heavy (non-hydrogen) atoms. The number of hydrogen-bond acceptors (Lipinski definition) is 2. The third-order valence-corrected chi connectivity index (χ3v) is 2.72. The Morgan fingerprint density at radius 2 is 2.07 bits per heavy atom. The molecule has 1 aromatic rings. The van der Waals surface area contributed by atoms with Crippen molar-refractivity contribution in [3.05, 3.63) is 24.0 Å². The second-order valence-corrected chi connectivity index (χ2v) is 4.01. The van der Waals surface area contributed by atoms with Crippen LogP contribution in [-0.4, -0.2) is 11.1 Å². The number of rotatable bonds is 2. The lowest BCUT2D eigenvalue weighted by atomic mass is 9.98. The third-order valence-electron chi connectivity index (χ3n) is 2.72. The molecular weight excluding hydrogens is 174 g/mol. The molecule has 1 heterocycles. The Morgan fingerprint density at radius 3 is 2.79 bits per heavy atom. The minimum atomic E-state index is 0.436. The van der Waals surface area contributed by atoms with Crippen LogP contribution >= 0.6 is 0 Å². The van der Waals surface area contributed by atoms with Crippen LogP contribution in [0.5, 0.6) is 5.75 Å². The van der Waals surface area contributed by atoms with E-state index in [0.29, 0.717) is 6.10 Å². The van der Waals surface area contributed by atoms with E-state index in [0.717, 1.165) is 11.4 Å². The first-order valence-corrected chi connectivity index (χ1v) is 5.44. The highest BCUT2D eigenvalue weighted by Gasteiger charge is 2.14. The van der Waals surface area contributed by atoms with Gasteiger partial charge in [-0.25, -0.2) is 0 Å². The van der Waals surface area contributed by atoms with Crippen LogP contribution in [-0.2, 0) is 0 Å². The number of ether oxygens (including phenoxy) is 1. The summed E-state index contributed by atoms with van der Waals surface area (Å²) in [6.45, 7) is 1.99. The highest BCUT2D eigenvalue weighted by Crippen LogP contribution is 2.23. The predicted molar refractivity (Wildman–Crippen MR) is 56.5 cm³/mol. The molecule has 2 nitrogen and oxygen atoms in total. The highest BCUT2D eigenvalue weighted by molar-refractivity contribution is 5.22. The summed E-state index contributed by atoms with van der Waals surface area (Å²) < 4.78 is 5.90. The maximum Gasteiger partial charge on any atom is 0.123 e. The van der Waals surface area contributed by atoms with Crippen molar-refractivity contribution in [1.82, 2.24) is 4.98 Å². The molecule has 0 bridgehead atoms. The van der Waals surface area contributed by atoms with E-state index in [1.807, 2.05) is 25.3 Å².